The lowest BCUT2D eigenvalue weighted by Gasteiger charge is -2.45. The Kier molecular flexibility index (Phi) is 6.14. The van der Waals surface area contributed by atoms with Crippen LogP contribution in [0.4, 0.5) is 0 Å². The predicted molar refractivity (Wildman–Crippen MR) is 140 cm³/mol. The minimum Gasteiger partial charge on any atom is -0.481 e. The number of benzene rings is 1. The van der Waals surface area contributed by atoms with E-state index in [4.69, 9.17) is 4.74 Å². The number of pyridine rings is 2. The zero-order valence-corrected chi connectivity index (χ0v) is 21.3. The SMILES string of the molecule is COc1ncc(-c2ccc3ncnc(-c4cncc(C(=O)N5CCN(C)C(C)(C)C5)c4)c3c2)cc1C. The summed E-state index contributed by atoms with van der Waals surface area (Å²) >= 11 is 0. The van der Waals surface area contributed by atoms with E-state index in [9.17, 15) is 4.79 Å². The van der Waals surface area contributed by atoms with Gasteiger partial charge in [0, 0.05) is 65.8 Å². The molecule has 0 bridgehead atoms. The van der Waals surface area contributed by atoms with Gasteiger partial charge in [-0.15, -0.1) is 0 Å². The van der Waals surface area contributed by atoms with Crippen molar-refractivity contribution in [2.75, 3.05) is 33.8 Å². The predicted octanol–water partition coefficient (Wildman–Crippen LogP) is 4.24. The Labute approximate surface area is 211 Å². The van der Waals surface area contributed by atoms with Crippen LogP contribution >= 0.6 is 0 Å². The zero-order chi connectivity index (χ0) is 25.4. The van der Waals surface area contributed by atoms with Gasteiger partial charge in [0.2, 0.25) is 5.88 Å². The number of carbonyl (C=O) groups is 1. The van der Waals surface area contributed by atoms with Crippen molar-refractivity contribution in [1.82, 2.24) is 29.7 Å². The van der Waals surface area contributed by atoms with E-state index in [-0.39, 0.29) is 11.4 Å². The van der Waals surface area contributed by atoms with E-state index in [1.165, 1.54) is 0 Å². The lowest BCUT2D eigenvalue weighted by Crippen LogP contribution is -2.58. The Morgan fingerprint density at radius 1 is 0.972 bits per heavy atom. The molecular formula is C28H30N6O2. The third-order valence-corrected chi connectivity index (χ3v) is 7.05. The van der Waals surface area contributed by atoms with Gasteiger partial charge in [0.1, 0.15) is 6.33 Å². The number of aryl methyl sites for hydroxylation is 1. The van der Waals surface area contributed by atoms with E-state index in [0.717, 1.165) is 45.4 Å². The maximum atomic E-state index is 13.4. The minimum absolute atomic E-state index is 0.00985. The lowest BCUT2D eigenvalue weighted by molar-refractivity contribution is 0.0311. The van der Waals surface area contributed by atoms with Gasteiger partial charge in [-0.25, -0.2) is 15.0 Å². The summed E-state index contributed by atoms with van der Waals surface area (Å²) in [6.45, 7) is 8.49. The quantitative estimate of drug-likeness (QED) is 0.430. The smallest absolute Gasteiger partial charge is 0.255 e. The monoisotopic (exact) mass is 482 g/mol. The van der Waals surface area contributed by atoms with Gasteiger partial charge in [-0.1, -0.05) is 6.07 Å². The van der Waals surface area contributed by atoms with Gasteiger partial charge in [-0.2, -0.15) is 0 Å². The molecule has 1 aliphatic heterocycles. The van der Waals surface area contributed by atoms with Gasteiger partial charge in [-0.05, 0) is 57.6 Å². The van der Waals surface area contributed by atoms with Crippen LogP contribution in [0, 0.1) is 6.92 Å². The number of piperazine rings is 1. The molecule has 0 atom stereocenters. The third-order valence-electron chi connectivity index (χ3n) is 7.05. The highest BCUT2D eigenvalue weighted by Crippen LogP contribution is 2.31. The topological polar surface area (TPSA) is 84.3 Å². The first-order chi connectivity index (χ1) is 17.3. The van der Waals surface area contributed by atoms with Crippen LogP contribution in [-0.4, -0.2) is 75.0 Å². The first kappa shape index (κ1) is 23.8. The van der Waals surface area contributed by atoms with Gasteiger partial charge in [0.25, 0.3) is 5.91 Å². The molecule has 8 heteroatoms. The summed E-state index contributed by atoms with van der Waals surface area (Å²) in [5, 5.41) is 0.885. The van der Waals surface area contributed by atoms with Crippen LogP contribution in [0.5, 0.6) is 5.88 Å². The Hall–Kier alpha value is -3.91. The number of hydrogen-bond donors (Lipinski definition) is 0. The van der Waals surface area contributed by atoms with E-state index >= 15 is 0 Å². The molecule has 4 aromatic rings. The van der Waals surface area contributed by atoms with Gasteiger partial charge in [-0.3, -0.25) is 14.7 Å². The summed E-state index contributed by atoms with van der Waals surface area (Å²) in [6, 6.07) is 9.99. The van der Waals surface area contributed by atoms with Crippen molar-refractivity contribution in [3.05, 3.63) is 66.4 Å². The van der Waals surface area contributed by atoms with Crippen LogP contribution in [0.3, 0.4) is 0 Å². The molecule has 0 N–H and O–H groups in total. The van der Waals surface area contributed by atoms with Crippen molar-refractivity contribution in [2.24, 2.45) is 0 Å². The maximum absolute atomic E-state index is 13.4. The van der Waals surface area contributed by atoms with E-state index in [0.29, 0.717) is 24.5 Å². The van der Waals surface area contributed by atoms with Crippen LogP contribution in [0.2, 0.25) is 0 Å². The minimum atomic E-state index is -0.0765. The number of hydrogen-bond acceptors (Lipinski definition) is 7. The second-order valence-corrected chi connectivity index (χ2v) is 9.93. The third kappa shape index (κ3) is 4.40. The van der Waals surface area contributed by atoms with E-state index in [1.54, 1.807) is 32.0 Å². The summed E-state index contributed by atoms with van der Waals surface area (Å²) in [7, 11) is 3.72. The molecular weight excluding hydrogens is 452 g/mol. The number of fused-ring (bicyclic) bond motifs is 1. The highest BCUT2D eigenvalue weighted by molar-refractivity contribution is 5.98. The van der Waals surface area contributed by atoms with Crippen LogP contribution in [0.15, 0.2) is 55.2 Å². The van der Waals surface area contributed by atoms with Gasteiger partial charge in [0.05, 0.1) is 23.9 Å². The summed E-state index contributed by atoms with van der Waals surface area (Å²) in [5.41, 5.74) is 5.75. The molecule has 1 aromatic carbocycles. The molecule has 1 fully saturated rings. The standard InChI is InChI=1S/C28H30N6O2/c1-18-10-20(15-30-26(18)36-5)19-6-7-24-23(12-19)25(32-17-31-24)21-11-22(14-29-13-21)27(35)34-9-8-33(4)28(2,3)16-34/h6-7,10-15,17H,8-9,16H2,1-5H3. The number of ether oxygens (including phenoxy) is 1. The second-order valence-electron chi connectivity index (χ2n) is 9.93. The number of nitrogens with zero attached hydrogens (tertiary/aromatic N) is 6. The summed E-state index contributed by atoms with van der Waals surface area (Å²) in [6.07, 6.45) is 6.73. The average molecular weight is 483 g/mol. The Morgan fingerprint density at radius 3 is 2.56 bits per heavy atom. The molecule has 1 aliphatic rings. The van der Waals surface area contributed by atoms with Crippen LogP contribution in [0.1, 0.15) is 29.8 Å². The molecule has 184 valence electrons. The normalized spacial score (nSPS) is 15.8. The number of rotatable bonds is 4. The molecule has 0 spiro atoms. The first-order valence-corrected chi connectivity index (χ1v) is 12.0. The second kappa shape index (κ2) is 9.28. The fraction of sp³-hybridized carbons (Fsp3) is 0.321. The van der Waals surface area contributed by atoms with Crippen molar-refractivity contribution >= 4 is 16.8 Å². The maximum Gasteiger partial charge on any atom is 0.255 e. The Bertz CT molecular complexity index is 1450. The van der Waals surface area contributed by atoms with Crippen molar-refractivity contribution < 1.29 is 9.53 Å². The van der Waals surface area contributed by atoms with E-state index in [2.05, 4.69) is 57.9 Å². The molecule has 0 unspecified atom stereocenters. The van der Waals surface area contributed by atoms with Crippen LogP contribution in [0.25, 0.3) is 33.3 Å². The van der Waals surface area contributed by atoms with Crippen LogP contribution in [-0.2, 0) is 0 Å². The fourth-order valence-electron chi connectivity index (χ4n) is 4.68. The average Bonchev–Trinajstić information content (AvgIpc) is 2.89. The highest BCUT2D eigenvalue weighted by Gasteiger charge is 2.33. The van der Waals surface area contributed by atoms with Gasteiger partial charge >= 0.3 is 0 Å². The van der Waals surface area contributed by atoms with Crippen molar-refractivity contribution in [3.8, 4) is 28.3 Å². The highest BCUT2D eigenvalue weighted by atomic mass is 16.5. The first-order valence-electron chi connectivity index (χ1n) is 12.0. The molecule has 0 aliphatic carbocycles. The van der Waals surface area contributed by atoms with Gasteiger partial charge in [0.15, 0.2) is 0 Å². The van der Waals surface area contributed by atoms with Gasteiger partial charge < -0.3 is 9.64 Å². The summed E-state index contributed by atoms with van der Waals surface area (Å²) < 4.78 is 5.30. The molecule has 4 heterocycles. The number of aromatic nitrogens is 4. The Morgan fingerprint density at radius 2 is 1.81 bits per heavy atom. The number of likely N-dealkylation sites (N-methyl/N-ethyl adjacent to an activating group) is 1. The molecule has 3 aromatic heterocycles. The molecule has 0 saturated carbocycles. The summed E-state index contributed by atoms with van der Waals surface area (Å²) in [4.78, 5) is 35.4. The Balaban J connectivity index is 1.52. The van der Waals surface area contributed by atoms with E-state index < -0.39 is 0 Å². The number of amides is 1. The molecule has 1 amide bonds. The largest absolute Gasteiger partial charge is 0.481 e. The number of carbonyl (C=O) groups excluding carboxylic acids is 1. The number of methoxy groups -OCH3 is 1. The zero-order valence-electron chi connectivity index (χ0n) is 21.3. The fourth-order valence-corrected chi connectivity index (χ4v) is 4.68. The molecule has 8 nitrogen and oxygen atoms in total. The molecule has 0 radical (unpaired) electrons. The summed E-state index contributed by atoms with van der Waals surface area (Å²) in [5.74, 6) is 0.601. The molecule has 36 heavy (non-hydrogen) atoms. The lowest BCUT2D eigenvalue weighted by atomic mass is 9.98. The van der Waals surface area contributed by atoms with E-state index in [1.807, 2.05) is 30.0 Å². The molecule has 5 rings (SSSR count). The van der Waals surface area contributed by atoms with Crippen LogP contribution < -0.4 is 4.74 Å². The van der Waals surface area contributed by atoms with Crippen molar-refractivity contribution in [3.63, 3.8) is 0 Å². The molecule has 1 saturated heterocycles. The van der Waals surface area contributed by atoms with Crippen molar-refractivity contribution in [1.29, 1.82) is 0 Å². The van der Waals surface area contributed by atoms with Crippen molar-refractivity contribution in [2.45, 2.75) is 26.3 Å².